The van der Waals surface area contributed by atoms with Gasteiger partial charge in [-0.1, -0.05) is 5.16 Å². The van der Waals surface area contributed by atoms with Gasteiger partial charge >= 0.3 is 0 Å². The fraction of sp³-hybridized carbons (Fsp3) is 0.357. The van der Waals surface area contributed by atoms with Crippen molar-refractivity contribution >= 4 is 21.8 Å². The van der Waals surface area contributed by atoms with Crippen molar-refractivity contribution in [3.8, 4) is 11.3 Å². The van der Waals surface area contributed by atoms with Crippen LogP contribution in [0.2, 0.25) is 0 Å². The molecule has 1 aromatic heterocycles. The third-order valence-electron chi connectivity index (χ3n) is 2.83. The normalized spacial score (nSPS) is 13.2. The van der Waals surface area contributed by atoms with Crippen molar-refractivity contribution in [3.63, 3.8) is 0 Å². The molecule has 0 unspecified atom stereocenters. The van der Waals surface area contributed by atoms with Crippen LogP contribution < -0.4 is 4.72 Å². The molecule has 1 N–H and O–H groups in total. The van der Waals surface area contributed by atoms with Crippen LogP contribution in [0.5, 0.6) is 0 Å². The highest BCUT2D eigenvalue weighted by Crippen LogP contribution is 2.20. The number of hydrogen-bond donors (Lipinski definition) is 1. The van der Waals surface area contributed by atoms with E-state index in [2.05, 4.69) is 9.88 Å². The van der Waals surface area contributed by atoms with Crippen LogP contribution in [0, 0.1) is 5.82 Å². The SMILES string of the molecule is CSC[C@H](C)NS(=O)(=O)Cc1cc(-c2ccc(F)cc2)no1. The summed E-state index contributed by atoms with van der Waals surface area (Å²) in [7, 11) is -3.49. The second-order valence-corrected chi connectivity index (χ2v) is 7.58. The number of thioether (sulfide) groups is 1. The molecule has 1 aromatic carbocycles. The zero-order valence-electron chi connectivity index (χ0n) is 12.2. The van der Waals surface area contributed by atoms with Gasteiger partial charge in [0.25, 0.3) is 0 Å². The lowest BCUT2D eigenvalue weighted by Crippen LogP contribution is -2.35. The molecule has 0 saturated heterocycles. The molecule has 1 heterocycles. The van der Waals surface area contributed by atoms with E-state index in [1.807, 2.05) is 6.26 Å². The van der Waals surface area contributed by atoms with Crippen LogP contribution in [0.15, 0.2) is 34.9 Å². The summed E-state index contributed by atoms with van der Waals surface area (Å²) < 4.78 is 44.6. The smallest absolute Gasteiger partial charge is 0.219 e. The molecule has 2 aromatic rings. The first-order chi connectivity index (χ1) is 10.4. The summed E-state index contributed by atoms with van der Waals surface area (Å²) in [5, 5.41) is 3.82. The Morgan fingerprint density at radius 2 is 2.05 bits per heavy atom. The van der Waals surface area contributed by atoms with Gasteiger partial charge in [0.15, 0.2) is 5.76 Å². The lowest BCUT2D eigenvalue weighted by atomic mass is 10.1. The molecule has 0 amide bonds. The summed E-state index contributed by atoms with van der Waals surface area (Å²) in [5.74, 6) is 0.307. The van der Waals surface area contributed by atoms with Gasteiger partial charge in [-0.05, 0) is 37.4 Å². The highest BCUT2D eigenvalue weighted by Gasteiger charge is 2.18. The zero-order chi connectivity index (χ0) is 16.2. The molecule has 22 heavy (non-hydrogen) atoms. The molecule has 0 radical (unpaired) electrons. The van der Waals surface area contributed by atoms with Crippen molar-refractivity contribution in [1.82, 2.24) is 9.88 Å². The van der Waals surface area contributed by atoms with Gasteiger partial charge < -0.3 is 4.52 Å². The molecule has 1 atom stereocenters. The van der Waals surface area contributed by atoms with Crippen molar-refractivity contribution < 1.29 is 17.3 Å². The lowest BCUT2D eigenvalue weighted by molar-refractivity contribution is 0.394. The van der Waals surface area contributed by atoms with Gasteiger partial charge in [0.2, 0.25) is 10.0 Å². The van der Waals surface area contributed by atoms with E-state index in [4.69, 9.17) is 4.52 Å². The first-order valence-electron chi connectivity index (χ1n) is 6.60. The van der Waals surface area contributed by atoms with Gasteiger partial charge in [-0.15, -0.1) is 0 Å². The fourth-order valence-electron chi connectivity index (χ4n) is 1.96. The number of hydrogen-bond acceptors (Lipinski definition) is 5. The monoisotopic (exact) mass is 344 g/mol. The molecule has 0 aliphatic rings. The Morgan fingerprint density at radius 3 is 2.68 bits per heavy atom. The maximum Gasteiger partial charge on any atom is 0.219 e. The first-order valence-corrected chi connectivity index (χ1v) is 9.65. The third-order valence-corrected chi connectivity index (χ3v) is 5.09. The van der Waals surface area contributed by atoms with E-state index in [1.165, 1.54) is 12.1 Å². The molecule has 0 aliphatic carbocycles. The minimum absolute atomic E-state index is 0.153. The van der Waals surface area contributed by atoms with Crippen LogP contribution in [0.1, 0.15) is 12.7 Å². The van der Waals surface area contributed by atoms with Crippen LogP contribution in [0.4, 0.5) is 4.39 Å². The van der Waals surface area contributed by atoms with E-state index in [9.17, 15) is 12.8 Å². The lowest BCUT2D eigenvalue weighted by Gasteiger charge is -2.11. The van der Waals surface area contributed by atoms with Crippen molar-refractivity contribution in [1.29, 1.82) is 0 Å². The van der Waals surface area contributed by atoms with Crippen LogP contribution in [-0.2, 0) is 15.8 Å². The number of halogens is 1. The number of rotatable bonds is 7. The van der Waals surface area contributed by atoms with Crippen LogP contribution in [-0.4, -0.2) is 31.6 Å². The molecule has 2 rings (SSSR count). The Bertz CT molecular complexity index is 714. The number of sulfonamides is 1. The van der Waals surface area contributed by atoms with Gasteiger partial charge in [0.05, 0.1) is 0 Å². The Morgan fingerprint density at radius 1 is 1.36 bits per heavy atom. The molecule has 8 heteroatoms. The number of nitrogens with one attached hydrogen (secondary N) is 1. The Hall–Kier alpha value is -1.38. The molecule has 5 nitrogen and oxygen atoms in total. The van der Waals surface area contributed by atoms with Gasteiger partial charge in [-0.25, -0.2) is 17.5 Å². The van der Waals surface area contributed by atoms with E-state index >= 15 is 0 Å². The summed E-state index contributed by atoms with van der Waals surface area (Å²) in [6.45, 7) is 1.80. The topological polar surface area (TPSA) is 72.2 Å². The molecular formula is C14H17FN2O3S2. The Balaban J connectivity index is 2.07. The van der Waals surface area contributed by atoms with Gasteiger partial charge in [0, 0.05) is 23.4 Å². The van der Waals surface area contributed by atoms with Crippen LogP contribution >= 0.6 is 11.8 Å². The molecule has 120 valence electrons. The minimum atomic E-state index is -3.49. The predicted molar refractivity (Wildman–Crippen MR) is 85.5 cm³/mol. The largest absolute Gasteiger partial charge is 0.360 e. The van der Waals surface area contributed by atoms with Gasteiger partial charge in [-0.3, -0.25) is 0 Å². The van der Waals surface area contributed by atoms with Crippen molar-refractivity contribution in [2.24, 2.45) is 0 Å². The molecule has 0 spiro atoms. The summed E-state index contributed by atoms with van der Waals surface area (Å²) in [6, 6.07) is 7.14. The Labute approximate surface area is 133 Å². The molecule has 0 bridgehead atoms. The van der Waals surface area contributed by atoms with Crippen molar-refractivity contribution in [2.45, 2.75) is 18.7 Å². The second-order valence-electron chi connectivity index (χ2n) is 4.92. The average Bonchev–Trinajstić information content (AvgIpc) is 2.86. The molecule has 0 fully saturated rings. The van der Waals surface area contributed by atoms with Crippen molar-refractivity contribution in [3.05, 3.63) is 41.9 Å². The van der Waals surface area contributed by atoms with E-state index in [0.717, 1.165) is 0 Å². The van der Waals surface area contributed by atoms with E-state index < -0.39 is 10.0 Å². The zero-order valence-corrected chi connectivity index (χ0v) is 13.9. The predicted octanol–water partition coefficient (Wildman–Crippen LogP) is 2.65. The summed E-state index contributed by atoms with van der Waals surface area (Å²) in [4.78, 5) is 0. The number of benzene rings is 1. The van der Waals surface area contributed by atoms with Crippen LogP contribution in [0.3, 0.4) is 0 Å². The third kappa shape index (κ3) is 4.82. The maximum absolute atomic E-state index is 12.9. The Kier molecular flexibility index (Phi) is 5.60. The number of nitrogens with zero attached hydrogens (tertiary/aromatic N) is 1. The highest BCUT2D eigenvalue weighted by atomic mass is 32.2. The maximum atomic E-state index is 12.9. The number of aromatic nitrogens is 1. The average molecular weight is 344 g/mol. The molecule has 0 aliphatic heterocycles. The quantitative estimate of drug-likeness (QED) is 0.836. The van der Waals surface area contributed by atoms with Crippen LogP contribution in [0.25, 0.3) is 11.3 Å². The van der Waals surface area contributed by atoms with Crippen molar-refractivity contribution in [2.75, 3.05) is 12.0 Å². The van der Waals surface area contributed by atoms with E-state index in [1.54, 1.807) is 36.9 Å². The summed E-state index contributed by atoms with van der Waals surface area (Å²) >= 11 is 1.57. The fourth-order valence-corrected chi connectivity index (χ4v) is 3.94. The standard InChI is InChI=1S/C14H17FN2O3S2/c1-10(8-21-2)17-22(18,19)9-13-7-14(16-20-13)11-3-5-12(15)6-4-11/h3-7,10,17H,8-9H2,1-2H3/t10-/m0/s1. The van der Waals surface area contributed by atoms with Gasteiger partial charge in [-0.2, -0.15) is 11.8 Å². The molecule has 0 saturated carbocycles. The summed E-state index contributed by atoms with van der Waals surface area (Å²) in [5.41, 5.74) is 1.14. The minimum Gasteiger partial charge on any atom is -0.360 e. The highest BCUT2D eigenvalue weighted by molar-refractivity contribution is 7.98. The summed E-state index contributed by atoms with van der Waals surface area (Å²) in [6.07, 6.45) is 1.91. The van der Waals surface area contributed by atoms with E-state index in [-0.39, 0.29) is 23.4 Å². The van der Waals surface area contributed by atoms with E-state index in [0.29, 0.717) is 17.0 Å². The first kappa shape index (κ1) is 17.0. The molecular weight excluding hydrogens is 327 g/mol. The second kappa shape index (κ2) is 7.26. The van der Waals surface area contributed by atoms with Gasteiger partial charge in [0.1, 0.15) is 17.3 Å².